The minimum Gasteiger partial charge on any atom is -0.481 e. The molecule has 5 heteroatoms. The number of ether oxygens (including phenoxy) is 2. The molecule has 0 bridgehead atoms. The van der Waals surface area contributed by atoms with Gasteiger partial charge in [0.1, 0.15) is 0 Å². The molecule has 0 spiro atoms. The lowest BCUT2D eigenvalue weighted by Crippen LogP contribution is -2.12. The molecule has 0 aromatic carbocycles. The van der Waals surface area contributed by atoms with Crippen LogP contribution < -0.4 is 0 Å². The van der Waals surface area contributed by atoms with Crippen LogP contribution in [0.5, 0.6) is 0 Å². The third-order valence-electron chi connectivity index (χ3n) is 1.90. The summed E-state index contributed by atoms with van der Waals surface area (Å²) in [7, 11) is 0. The van der Waals surface area contributed by atoms with E-state index in [0.717, 1.165) is 6.42 Å². The van der Waals surface area contributed by atoms with Gasteiger partial charge in [-0.15, -0.1) is 0 Å². The number of carboxylic acids is 1. The van der Waals surface area contributed by atoms with Gasteiger partial charge in [-0.05, 0) is 12.8 Å². The first kappa shape index (κ1) is 14.3. The van der Waals surface area contributed by atoms with Crippen LogP contribution in [0.2, 0.25) is 0 Å². The number of hydrogen-bond acceptors (Lipinski definition) is 4. The summed E-state index contributed by atoms with van der Waals surface area (Å²) in [6, 6.07) is 0. The minimum absolute atomic E-state index is 0.0224. The summed E-state index contributed by atoms with van der Waals surface area (Å²) in [6.07, 6.45) is 1.09. The molecule has 15 heavy (non-hydrogen) atoms. The third kappa shape index (κ3) is 11.3. The van der Waals surface area contributed by atoms with Gasteiger partial charge < -0.3 is 19.7 Å². The Bertz CT molecular complexity index is 160. The highest BCUT2D eigenvalue weighted by molar-refractivity contribution is 5.66. The third-order valence-corrected chi connectivity index (χ3v) is 1.90. The number of aliphatic carboxylic acids is 1. The van der Waals surface area contributed by atoms with Crippen molar-refractivity contribution in [1.29, 1.82) is 0 Å². The Morgan fingerprint density at radius 1 is 1.20 bits per heavy atom. The van der Waals surface area contributed by atoms with Crippen molar-refractivity contribution >= 4 is 5.97 Å². The number of rotatable bonds is 10. The fourth-order valence-electron chi connectivity index (χ4n) is 0.905. The summed E-state index contributed by atoms with van der Waals surface area (Å²) in [5.41, 5.74) is 0. The van der Waals surface area contributed by atoms with Crippen LogP contribution in [-0.4, -0.2) is 48.7 Å². The molecule has 0 aliphatic rings. The van der Waals surface area contributed by atoms with Gasteiger partial charge in [0.05, 0.1) is 32.3 Å². The van der Waals surface area contributed by atoms with E-state index in [2.05, 4.69) is 0 Å². The molecular weight excluding hydrogens is 200 g/mol. The molecule has 0 saturated carbocycles. The maximum Gasteiger partial charge on any atom is 0.305 e. The van der Waals surface area contributed by atoms with Gasteiger partial charge in [0.2, 0.25) is 0 Å². The van der Waals surface area contributed by atoms with Crippen LogP contribution in [-0.2, 0) is 14.3 Å². The van der Waals surface area contributed by atoms with E-state index in [4.69, 9.17) is 14.6 Å². The molecule has 0 rings (SSSR count). The fourth-order valence-corrected chi connectivity index (χ4v) is 0.905. The van der Waals surface area contributed by atoms with Crippen molar-refractivity contribution in [2.75, 3.05) is 26.4 Å². The summed E-state index contributed by atoms with van der Waals surface area (Å²) >= 11 is 0. The van der Waals surface area contributed by atoms with Gasteiger partial charge in [-0.3, -0.25) is 4.79 Å². The van der Waals surface area contributed by atoms with E-state index in [1.165, 1.54) is 0 Å². The molecule has 0 fully saturated rings. The van der Waals surface area contributed by atoms with Crippen LogP contribution in [0, 0.1) is 0 Å². The molecule has 0 amide bonds. The number of aliphatic hydroxyl groups is 1. The largest absolute Gasteiger partial charge is 0.481 e. The van der Waals surface area contributed by atoms with Crippen molar-refractivity contribution in [2.45, 2.75) is 32.3 Å². The molecule has 0 aromatic rings. The molecular formula is C10H20O5. The van der Waals surface area contributed by atoms with Gasteiger partial charge in [-0.2, -0.15) is 0 Å². The molecule has 0 saturated heterocycles. The highest BCUT2D eigenvalue weighted by atomic mass is 16.5. The molecule has 0 heterocycles. The standard InChI is InChI=1S/C10H20O5/c1-2-9(11)3-5-14-7-8-15-6-4-10(12)13/h9,11H,2-8H2,1H3,(H,12,13). The normalized spacial score (nSPS) is 12.7. The van der Waals surface area contributed by atoms with E-state index in [1.807, 2.05) is 6.92 Å². The lowest BCUT2D eigenvalue weighted by molar-refractivity contribution is -0.138. The number of carbonyl (C=O) groups is 1. The molecule has 2 N–H and O–H groups in total. The van der Waals surface area contributed by atoms with Crippen molar-refractivity contribution in [3.63, 3.8) is 0 Å². The van der Waals surface area contributed by atoms with Crippen molar-refractivity contribution in [3.8, 4) is 0 Å². The zero-order chi connectivity index (χ0) is 11.5. The van der Waals surface area contributed by atoms with E-state index < -0.39 is 5.97 Å². The monoisotopic (exact) mass is 220 g/mol. The quantitative estimate of drug-likeness (QED) is 0.529. The Balaban J connectivity index is 3.02. The molecule has 1 atom stereocenters. The zero-order valence-electron chi connectivity index (χ0n) is 9.15. The first-order chi connectivity index (χ1) is 7.16. The van der Waals surface area contributed by atoms with Crippen LogP contribution >= 0.6 is 0 Å². The second-order valence-corrected chi connectivity index (χ2v) is 3.22. The Labute approximate surface area is 90.0 Å². The molecule has 0 aliphatic heterocycles. The molecule has 90 valence electrons. The summed E-state index contributed by atoms with van der Waals surface area (Å²) in [6.45, 7) is 3.48. The van der Waals surface area contributed by atoms with Gasteiger partial charge in [0.15, 0.2) is 0 Å². The van der Waals surface area contributed by atoms with Crippen LogP contribution in [0.25, 0.3) is 0 Å². The molecule has 0 aliphatic carbocycles. The number of hydrogen-bond donors (Lipinski definition) is 2. The maximum absolute atomic E-state index is 10.1. The van der Waals surface area contributed by atoms with Gasteiger partial charge in [-0.1, -0.05) is 6.92 Å². The van der Waals surface area contributed by atoms with E-state index in [-0.39, 0.29) is 19.1 Å². The summed E-state index contributed by atoms with van der Waals surface area (Å²) in [4.78, 5) is 10.1. The van der Waals surface area contributed by atoms with Gasteiger partial charge in [0.25, 0.3) is 0 Å². The average molecular weight is 220 g/mol. The predicted octanol–water partition coefficient (Wildman–Crippen LogP) is 0.655. The first-order valence-corrected chi connectivity index (χ1v) is 5.22. The van der Waals surface area contributed by atoms with Crippen molar-refractivity contribution in [3.05, 3.63) is 0 Å². The highest BCUT2D eigenvalue weighted by Crippen LogP contribution is 1.96. The lowest BCUT2D eigenvalue weighted by atomic mass is 10.2. The van der Waals surface area contributed by atoms with E-state index in [1.54, 1.807) is 0 Å². The molecule has 1 unspecified atom stereocenters. The van der Waals surface area contributed by atoms with Gasteiger partial charge in [-0.25, -0.2) is 0 Å². The Kier molecular flexibility index (Phi) is 9.46. The second-order valence-electron chi connectivity index (χ2n) is 3.22. The second kappa shape index (κ2) is 9.89. The number of carboxylic acid groups (broad SMARTS) is 1. The molecule has 5 nitrogen and oxygen atoms in total. The SMILES string of the molecule is CCC(O)CCOCCOCCC(=O)O. The Hall–Kier alpha value is -0.650. The number of aliphatic hydroxyl groups excluding tert-OH is 1. The van der Waals surface area contributed by atoms with E-state index in [0.29, 0.717) is 26.2 Å². The summed E-state index contributed by atoms with van der Waals surface area (Å²) < 4.78 is 10.2. The van der Waals surface area contributed by atoms with Crippen LogP contribution in [0.15, 0.2) is 0 Å². The molecule has 0 radical (unpaired) electrons. The Morgan fingerprint density at radius 3 is 2.33 bits per heavy atom. The maximum atomic E-state index is 10.1. The van der Waals surface area contributed by atoms with Crippen molar-refractivity contribution in [2.24, 2.45) is 0 Å². The average Bonchev–Trinajstić information content (AvgIpc) is 2.21. The van der Waals surface area contributed by atoms with Gasteiger partial charge >= 0.3 is 5.97 Å². The van der Waals surface area contributed by atoms with Crippen molar-refractivity contribution < 1.29 is 24.5 Å². The smallest absolute Gasteiger partial charge is 0.305 e. The van der Waals surface area contributed by atoms with E-state index >= 15 is 0 Å². The van der Waals surface area contributed by atoms with Crippen LogP contribution in [0.1, 0.15) is 26.2 Å². The summed E-state index contributed by atoms with van der Waals surface area (Å²) in [5.74, 6) is -0.859. The van der Waals surface area contributed by atoms with Crippen LogP contribution in [0.4, 0.5) is 0 Å². The summed E-state index contributed by atoms with van der Waals surface area (Å²) in [5, 5.41) is 17.5. The van der Waals surface area contributed by atoms with Gasteiger partial charge in [0, 0.05) is 6.61 Å². The zero-order valence-corrected chi connectivity index (χ0v) is 9.15. The topological polar surface area (TPSA) is 76.0 Å². The Morgan fingerprint density at radius 2 is 1.80 bits per heavy atom. The predicted molar refractivity (Wildman–Crippen MR) is 54.8 cm³/mol. The fraction of sp³-hybridized carbons (Fsp3) is 0.900. The van der Waals surface area contributed by atoms with E-state index in [9.17, 15) is 9.90 Å². The highest BCUT2D eigenvalue weighted by Gasteiger charge is 2.00. The first-order valence-electron chi connectivity index (χ1n) is 5.22. The lowest BCUT2D eigenvalue weighted by Gasteiger charge is -2.08. The minimum atomic E-state index is -0.859. The van der Waals surface area contributed by atoms with Crippen LogP contribution in [0.3, 0.4) is 0 Å². The molecule has 0 aromatic heterocycles. The van der Waals surface area contributed by atoms with Crippen molar-refractivity contribution in [1.82, 2.24) is 0 Å².